The predicted molar refractivity (Wildman–Crippen MR) is 95.6 cm³/mol. The molecular weight excluding hydrogens is 318 g/mol. The van der Waals surface area contributed by atoms with Crippen LogP contribution in [0.3, 0.4) is 0 Å². The van der Waals surface area contributed by atoms with E-state index in [4.69, 9.17) is 9.47 Å². The third-order valence-electron chi connectivity index (χ3n) is 4.51. The normalized spacial score (nSPS) is 16.1. The largest absolute Gasteiger partial charge is 0.497 e. The Bertz CT molecular complexity index is 797. The van der Waals surface area contributed by atoms with Crippen molar-refractivity contribution in [3.63, 3.8) is 0 Å². The van der Waals surface area contributed by atoms with E-state index in [1.165, 1.54) is 0 Å². The standard InChI is InChI=1S/C20H23NO4/c1-12(20(23)25-13(2)19(22)21-17-7-8-17)14-4-5-16-11-18(24-3)9-6-15(16)10-14/h4-6,9-13,17H,7-8H2,1-3H3,(H,21,22)/t12-,13+/m0/s1. The Kier molecular flexibility index (Phi) is 4.93. The molecule has 5 heteroatoms. The molecule has 0 heterocycles. The molecule has 1 fully saturated rings. The van der Waals surface area contributed by atoms with Crippen LogP contribution in [0.15, 0.2) is 36.4 Å². The van der Waals surface area contributed by atoms with Gasteiger partial charge in [-0.05, 0) is 55.2 Å². The van der Waals surface area contributed by atoms with E-state index in [1.54, 1.807) is 21.0 Å². The predicted octanol–water partition coefficient (Wildman–Crippen LogP) is 3.16. The smallest absolute Gasteiger partial charge is 0.313 e. The van der Waals surface area contributed by atoms with Crippen LogP contribution in [0.1, 0.15) is 38.2 Å². The molecule has 0 aliphatic heterocycles. The average molecular weight is 341 g/mol. The maximum Gasteiger partial charge on any atom is 0.313 e. The summed E-state index contributed by atoms with van der Waals surface area (Å²) in [6.45, 7) is 3.40. The Morgan fingerprint density at radius 3 is 2.44 bits per heavy atom. The van der Waals surface area contributed by atoms with E-state index >= 15 is 0 Å². The lowest BCUT2D eigenvalue weighted by Crippen LogP contribution is -2.37. The number of ether oxygens (including phenoxy) is 2. The van der Waals surface area contributed by atoms with Crippen LogP contribution in [0.25, 0.3) is 10.8 Å². The van der Waals surface area contributed by atoms with E-state index in [9.17, 15) is 9.59 Å². The van der Waals surface area contributed by atoms with Gasteiger partial charge in [0, 0.05) is 6.04 Å². The highest BCUT2D eigenvalue weighted by molar-refractivity contribution is 5.88. The summed E-state index contributed by atoms with van der Waals surface area (Å²) in [5.74, 6) is -0.272. The summed E-state index contributed by atoms with van der Waals surface area (Å²) in [7, 11) is 1.63. The van der Waals surface area contributed by atoms with Gasteiger partial charge in [0.05, 0.1) is 13.0 Å². The Morgan fingerprint density at radius 1 is 1.08 bits per heavy atom. The molecule has 0 saturated heterocycles. The maximum absolute atomic E-state index is 12.4. The number of carbonyl (C=O) groups excluding carboxylic acids is 2. The molecule has 132 valence electrons. The SMILES string of the molecule is COc1ccc2cc([C@H](C)C(=O)O[C@H](C)C(=O)NC3CC3)ccc2c1. The van der Waals surface area contributed by atoms with Crippen LogP contribution in [0, 0.1) is 0 Å². The van der Waals surface area contributed by atoms with E-state index in [0.717, 1.165) is 34.9 Å². The molecule has 3 rings (SSSR count). The fourth-order valence-electron chi connectivity index (χ4n) is 2.65. The molecule has 0 bridgehead atoms. The van der Waals surface area contributed by atoms with Crippen molar-refractivity contribution in [1.82, 2.24) is 5.32 Å². The minimum Gasteiger partial charge on any atom is -0.497 e. The van der Waals surface area contributed by atoms with E-state index in [2.05, 4.69) is 5.32 Å². The molecule has 0 unspecified atom stereocenters. The summed E-state index contributed by atoms with van der Waals surface area (Å²) in [5.41, 5.74) is 0.859. The molecule has 5 nitrogen and oxygen atoms in total. The zero-order chi connectivity index (χ0) is 18.0. The van der Waals surface area contributed by atoms with Crippen LogP contribution >= 0.6 is 0 Å². The van der Waals surface area contributed by atoms with Crippen molar-refractivity contribution in [2.75, 3.05) is 7.11 Å². The number of carbonyl (C=O) groups is 2. The van der Waals surface area contributed by atoms with Crippen LogP contribution in [0.4, 0.5) is 0 Å². The van der Waals surface area contributed by atoms with Crippen LogP contribution in [0.2, 0.25) is 0 Å². The zero-order valence-corrected chi connectivity index (χ0v) is 14.7. The van der Waals surface area contributed by atoms with Crippen LogP contribution in [0.5, 0.6) is 5.75 Å². The van der Waals surface area contributed by atoms with Gasteiger partial charge in [0.2, 0.25) is 0 Å². The van der Waals surface area contributed by atoms with Crippen LogP contribution < -0.4 is 10.1 Å². The summed E-state index contributed by atoms with van der Waals surface area (Å²) in [4.78, 5) is 24.3. The van der Waals surface area contributed by atoms with E-state index in [0.29, 0.717) is 0 Å². The summed E-state index contributed by atoms with van der Waals surface area (Å²) in [5, 5.41) is 4.91. The number of fused-ring (bicyclic) bond motifs is 1. The summed E-state index contributed by atoms with van der Waals surface area (Å²) >= 11 is 0. The van der Waals surface area contributed by atoms with Gasteiger partial charge in [0.15, 0.2) is 6.10 Å². The molecule has 2 atom stereocenters. The molecule has 2 aromatic rings. The quantitative estimate of drug-likeness (QED) is 0.820. The molecule has 1 aliphatic carbocycles. The number of hydrogen-bond acceptors (Lipinski definition) is 4. The first kappa shape index (κ1) is 17.3. The van der Waals surface area contributed by atoms with Crippen molar-refractivity contribution in [1.29, 1.82) is 0 Å². The molecule has 2 aromatic carbocycles. The van der Waals surface area contributed by atoms with Gasteiger partial charge >= 0.3 is 5.97 Å². The molecule has 1 N–H and O–H groups in total. The third-order valence-corrected chi connectivity index (χ3v) is 4.51. The number of nitrogens with one attached hydrogen (secondary N) is 1. The van der Waals surface area contributed by atoms with Gasteiger partial charge < -0.3 is 14.8 Å². The summed E-state index contributed by atoms with van der Waals surface area (Å²) in [6, 6.07) is 11.9. The number of benzene rings is 2. The van der Waals surface area contributed by atoms with Gasteiger partial charge in [-0.3, -0.25) is 9.59 Å². The van der Waals surface area contributed by atoms with Gasteiger partial charge in [-0.15, -0.1) is 0 Å². The molecule has 0 aromatic heterocycles. The molecule has 1 amide bonds. The third kappa shape index (κ3) is 4.10. The fourth-order valence-corrected chi connectivity index (χ4v) is 2.65. The first-order valence-corrected chi connectivity index (χ1v) is 8.56. The first-order valence-electron chi connectivity index (χ1n) is 8.56. The summed E-state index contributed by atoms with van der Waals surface area (Å²) < 4.78 is 10.6. The molecular formula is C20H23NO4. The average Bonchev–Trinajstić information content (AvgIpc) is 3.43. The first-order chi connectivity index (χ1) is 12.0. The number of esters is 1. The molecule has 0 radical (unpaired) electrons. The second-order valence-electron chi connectivity index (χ2n) is 6.56. The Balaban J connectivity index is 1.68. The van der Waals surface area contributed by atoms with Gasteiger partial charge in [-0.2, -0.15) is 0 Å². The van der Waals surface area contributed by atoms with Crippen molar-refractivity contribution >= 4 is 22.6 Å². The van der Waals surface area contributed by atoms with Crippen LogP contribution in [-0.4, -0.2) is 31.1 Å². The second-order valence-corrected chi connectivity index (χ2v) is 6.56. The van der Waals surface area contributed by atoms with Gasteiger partial charge in [0.25, 0.3) is 5.91 Å². The minimum atomic E-state index is -0.778. The Morgan fingerprint density at radius 2 is 1.76 bits per heavy atom. The zero-order valence-electron chi connectivity index (χ0n) is 14.7. The topological polar surface area (TPSA) is 64.6 Å². The van der Waals surface area contributed by atoms with E-state index < -0.39 is 18.0 Å². The van der Waals surface area contributed by atoms with Crippen LogP contribution in [-0.2, 0) is 14.3 Å². The molecule has 1 aliphatic rings. The van der Waals surface area contributed by atoms with Crippen molar-refractivity contribution in [3.8, 4) is 5.75 Å². The maximum atomic E-state index is 12.4. The lowest BCUT2D eigenvalue weighted by molar-refractivity contribution is -0.156. The van der Waals surface area contributed by atoms with Gasteiger partial charge in [-0.1, -0.05) is 24.3 Å². The molecule has 25 heavy (non-hydrogen) atoms. The fraction of sp³-hybridized carbons (Fsp3) is 0.400. The highest BCUT2D eigenvalue weighted by Crippen LogP contribution is 2.26. The number of methoxy groups -OCH3 is 1. The van der Waals surface area contributed by atoms with Crippen molar-refractivity contribution < 1.29 is 19.1 Å². The lowest BCUT2D eigenvalue weighted by Gasteiger charge is -2.17. The minimum absolute atomic E-state index is 0.228. The van der Waals surface area contributed by atoms with Gasteiger partial charge in [0.1, 0.15) is 5.75 Å². The van der Waals surface area contributed by atoms with Crippen molar-refractivity contribution in [2.45, 2.75) is 44.8 Å². The number of amides is 1. The molecule has 0 spiro atoms. The second kappa shape index (κ2) is 7.13. The molecule has 1 saturated carbocycles. The Hall–Kier alpha value is -2.56. The number of hydrogen-bond donors (Lipinski definition) is 1. The van der Waals surface area contributed by atoms with Crippen molar-refractivity contribution in [3.05, 3.63) is 42.0 Å². The van der Waals surface area contributed by atoms with E-state index in [1.807, 2.05) is 36.4 Å². The monoisotopic (exact) mass is 341 g/mol. The van der Waals surface area contributed by atoms with E-state index in [-0.39, 0.29) is 11.9 Å². The summed E-state index contributed by atoms with van der Waals surface area (Å²) in [6.07, 6.45) is 1.23. The van der Waals surface area contributed by atoms with Crippen molar-refractivity contribution in [2.24, 2.45) is 0 Å². The number of rotatable bonds is 6. The lowest BCUT2D eigenvalue weighted by atomic mass is 9.98. The highest BCUT2D eigenvalue weighted by atomic mass is 16.5. The highest BCUT2D eigenvalue weighted by Gasteiger charge is 2.28. The van der Waals surface area contributed by atoms with Gasteiger partial charge in [-0.25, -0.2) is 0 Å². The Labute approximate surface area is 147 Å².